The van der Waals surface area contributed by atoms with Gasteiger partial charge in [0, 0.05) is 13.2 Å². The molecule has 16 heavy (non-hydrogen) atoms. The van der Waals surface area contributed by atoms with Crippen LogP contribution in [0.15, 0.2) is 18.6 Å². The fourth-order valence-electron chi connectivity index (χ4n) is 1.63. The average molecular weight is 217 g/mol. The van der Waals surface area contributed by atoms with E-state index in [1.165, 1.54) is 0 Å². The second kappa shape index (κ2) is 4.30. The second-order valence-electron chi connectivity index (χ2n) is 3.72. The Morgan fingerprint density at radius 2 is 2.19 bits per heavy atom. The smallest absolute Gasteiger partial charge is 0.115 e. The van der Waals surface area contributed by atoms with Gasteiger partial charge < -0.3 is 5.32 Å². The van der Waals surface area contributed by atoms with Gasteiger partial charge in [-0.2, -0.15) is 5.10 Å². The van der Waals surface area contributed by atoms with Gasteiger partial charge in [-0.15, -0.1) is 0 Å². The molecule has 0 spiro atoms. The van der Waals surface area contributed by atoms with Gasteiger partial charge in [-0.3, -0.25) is 4.68 Å². The normalized spacial score (nSPS) is 10.4. The van der Waals surface area contributed by atoms with E-state index in [0.717, 1.165) is 22.8 Å². The minimum Gasteiger partial charge on any atom is -0.376 e. The number of anilines is 1. The summed E-state index contributed by atoms with van der Waals surface area (Å²) in [7, 11) is 1.94. The molecule has 0 aliphatic carbocycles. The van der Waals surface area contributed by atoms with Crippen LogP contribution < -0.4 is 5.32 Å². The maximum Gasteiger partial charge on any atom is 0.115 e. The number of rotatable bonds is 3. The van der Waals surface area contributed by atoms with Gasteiger partial charge in [-0.25, -0.2) is 9.97 Å². The van der Waals surface area contributed by atoms with Crippen molar-refractivity contribution < 1.29 is 0 Å². The first-order chi connectivity index (χ1) is 7.68. The lowest BCUT2D eigenvalue weighted by atomic mass is 10.3. The topological polar surface area (TPSA) is 55.6 Å². The molecule has 0 unspecified atom stereocenters. The molecule has 0 radical (unpaired) electrons. The van der Waals surface area contributed by atoms with Gasteiger partial charge in [0.25, 0.3) is 0 Å². The Balaban J connectivity index is 2.11. The van der Waals surface area contributed by atoms with Crippen LogP contribution in [0.25, 0.3) is 0 Å². The van der Waals surface area contributed by atoms with Crippen LogP contribution in [0, 0.1) is 13.8 Å². The molecule has 5 nitrogen and oxygen atoms in total. The van der Waals surface area contributed by atoms with Crippen molar-refractivity contribution in [3.8, 4) is 0 Å². The molecule has 0 fully saturated rings. The summed E-state index contributed by atoms with van der Waals surface area (Å²) in [5.74, 6) is 0. The lowest BCUT2D eigenvalue weighted by molar-refractivity contribution is 0.731. The van der Waals surface area contributed by atoms with Crippen molar-refractivity contribution in [3.63, 3.8) is 0 Å². The maximum atomic E-state index is 4.34. The molecule has 0 saturated carbocycles. The van der Waals surface area contributed by atoms with Crippen molar-refractivity contribution in [1.29, 1.82) is 0 Å². The third-order valence-electron chi connectivity index (χ3n) is 2.60. The number of hydrogen-bond donors (Lipinski definition) is 1. The summed E-state index contributed by atoms with van der Waals surface area (Å²) < 4.78 is 1.87. The number of hydrogen-bond acceptors (Lipinski definition) is 4. The number of aromatic nitrogens is 4. The first-order valence-corrected chi connectivity index (χ1v) is 5.17. The van der Waals surface area contributed by atoms with Crippen LogP contribution in [0.4, 0.5) is 5.69 Å². The van der Waals surface area contributed by atoms with Gasteiger partial charge in [-0.1, -0.05) is 0 Å². The molecule has 0 aliphatic heterocycles. The lowest BCUT2D eigenvalue weighted by Gasteiger charge is -2.05. The first kappa shape index (κ1) is 10.6. The Bertz CT molecular complexity index is 475. The van der Waals surface area contributed by atoms with E-state index >= 15 is 0 Å². The zero-order chi connectivity index (χ0) is 11.5. The highest BCUT2D eigenvalue weighted by Gasteiger charge is 2.08. The Kier molecular flexibility index (Phi) is 2.85. The third kappa shape index (κ3) is 2.03. The highest BCUT2D eigenvalue weighted by Crippen LogP contribution is 2.18. The fraction of sp³-hybridized carbons (Fsp3) is 0.364. The molecule has 2 aromatic heterocycles. The lowest BCUT2D eigenvalue weighted by Crippen LogP contribution is -2.03. The van der Waals surface area contributed by atoms with Crippen LogP contribution in [0.1, 0.15) is 17.1 Å². The summed E-state index contributed by atoms with van der Waals surface area (Å²) in [6.45, 7) is 4.73. The number of nitrogens with one attached hydrogen (secondary N) is 1. The standard InChI is InChI=1S/C11H15N5/c1-8-11(9(2)16(3)15-8)13-6-10-4-5-12-7-14-10/h4-5,7,13H,6H2,1-3H3. The molecule has 1 N–H and O–H groups in total. The third-order valence-corrected chi connectivity index (χ3v) is 2.60. The quantitative estimate of drug-likeness (QED) is 0.845. The van der Waals surface area contributed by atoms with Crippen molar-refractivity contribution in [3.05, 3.63) is 35.7 Å². The Hall–Kier alpha value is -1.91. The molecule has 2 aromatic rings. The van der Waals surface area contributed by atoms with E-state index < -0.39 is 0 Å². The van der Waals surface area contributed by atoms with Gasteiger partial charge >= 0.3 is 0 Å². The molecule has 0 amide bonds. The van der Waals surface area contributed by atoms with Crippen LogP contribution in [0.5, 0.6) is 0 Å². The molecule has 0 atom stereocenters. The van der Waals surface area contributed by atoms with E-state index in [4.69, 9.17) is 0 Å². The highest BCUT2D eigenvalue weighted by atomic mass is 15.3. The summed E-state index contributed by atoms with van der Waals surface area (Å²) in [6.07, 6.45) is 3.30. The Labute approximate surface area is 94.5 Å². The van der Waals surface area contributed by atoms with Gasteiger partial charge in [0.05, 0.1) is 29.3 Å². The van der Waals surface area contributed by atoms with Crippen molar-refractivity contribution >= 4 is 5.69 Å². The van der Waals surface area contributed by atoms with E-state index in [2.05, 4.69) is 20.4 Å². The van der Waals surface area contributed by atoms with Gasteiger partial charge in [0.1, 0.15) is 6.33 Å². The van der Waals surface area contributed by atoms with E-state index in [1.54, 1.807) is 12.5 Å². The van der Waals surface area contributed by atoms with Gasteiger partial charge in [-0.05, 0) is 19.9 Å². The van der Waals surface area contributed by atoms with E-state index in [9.17, 15) is 0 Å². The molecule has 2 heterocycles. The molecule has 0 saturated heterocycles. The molecule has 0 aromatic carbocycles. The molecule has 2 rings (SSSR count). The van der Waals surface area contributed by atoms with E-state index in [0.29, 0.717) is 6.54 Å². The van der Waals surface area contributed by atoms with Gasteiger partial charge in [0.15, 0.2) is 0 Å². The summed E-state index contributed by atoms with van der Waals surface area (Å²) in [5, 5.41) is 7.69. The van der Waals surface area contributed by atoms with Crippen LogP contribution in [-0.2, 0) is 13.6 Å². The van der Waals surface area contributed by atoms with Crippen LogP contribution in [0.3, 0.4) is 0 Å². The SMILES string of the molecule is Cc1nn(C)c(C)c1NCc1ccncn1. The van der Waals surface area contributed by atoms with Crippen LogP contribution >= 0.6 is 0 Å². The Morgan fingerprint density at radius 3 is 2.75 bits per heavy atom. The number of aryl methyl sites for hydroxylation is 2. The average Bonchev–Trinajstić information content (AvgIpc) is 2.53. The minimum absolute atomic E-state index is 0.690. The van der Waals surface area contributed by atoms with Crippen LogP contribution in [0.2, 0.25) is 0 Å². The molecule has 84 valence electrons. The number of nitrogens with zero attached hydrogens (tertiary/aromatic N) is 4. The molecule has 5 heteroatoms. The minimum atomic E-state index is 0.690. The van der Waals surface area contributed by atoms with Crippen molar-refractivity contribution in [2.24, 2.45) is 7.05 Å². The van der Waals surface area contributed by atoms with Gasteiger partial charge in [0.2, 0.25) is 0 Å². The predicted octanol–water partition coefficient (Wildman–Crippen LogP) is 1.44. The van der Waals surface area contributed by atoms with Crippen molar-refractivity contribution in [1.82, 2.24) is 19.7 Å². The molecular weight excluding hydrogens is 202 g/mol. The Morgan fingerprint density at radius 1 is 1.38 bits per heavy atom. The first-order valence-electron chi connectivity index (χ1n) is 5.17. The van der Waals surface area contributed by atoms with E-state index in [-0.39, 0.29) is 0 Å². The van der Waals surface area contributed by atoms with Crippen molar-refractivity contribution in [2.45, 2.75) is 20.4 Å². The fourth-order valence-corrected chi connectivity index (χ4v) is 1.63. The monoisotopic (exact) mass is 217 g/mol. The summed E-state index contributed by atoms with van der Waals surface area (Å²) in [6, 6.07) is 1.90. The van der Waals surface area contributed by atoms with E-state index in [1.807, 2.05) is 31.6 Å². The summed E-state index contributed by atoms with van der Waals surface area (Å²) in [5.41, 5.74) is 4.19. The molecule has 0 bridgehead atoms. The van der Waals surface area contributed by atoms with Crippen molar-refractivity contribution in [2.75, 3.05) is 5.32 Å². The summed E-state index contributed by atoms with van der Waals surface area (Å²) >= 11 is 0. The summed E-state index contributed by atoms with van der Waals surface area (Å²) in [4.78, 5) is 8.04. The largest absolute Gasteiger partial charge is 0.376 e. The zero-order valence-electron chi connectivity index (χ0n) is 9.73. The molecule has 0 aliphatic rings. The molecular formula is C11H15N5. The van der Waals surface area contributed by atoms with Crippen LogP contribution in [-0.4, -0.2) is 19.7 Å². The zero-order valence-corrected chi connectivity index (χ0v) is 9.73. The predicted molar refractivity (Wildman–Crippen MR) is 62.0 cm³/mol. The maximum absolute atomic E-state index is 4.34. The highest BCUT2D eigenvalue weighted by molar-refractivity contribution is 5.51. The second-order valence-corrected chi connectivity index (χ2v) is 3.72.